The van der Waals surface area contributed by atoms with Crippen molar-refractivity contribution in [2.24, 2.45) is 11.8 Å². The first-order valence-electron chi connectivity index (χ1n) is 11.2. The average molecular weight is 425 g/mol. The lowest BCUT2D eigenvalue weighted by atomic mass is 9.80. The van der Waals surface area contributed by atoms with E-state index in [0.29, 0.717) is 23.9 Å². The first-order valence-corrected chi connectivity index (χ1v) is 12.1. The highest BCUT2D eigenvalue weighted by molar-refractivity contribution is 7.10. The minimum Gasteiger partial charge on any atom is -0.352 e. The summed E-state index contributed by atoms with van der Waals surface area (Å²) in [5, 5.41) is 5.42. The normalized spacial score (nSPS) is 26.5. The van der Waals surface area contributed by atoms with Gasteiger partial charge in [0.05, 0.1) is 12.0 Å². The van der Waals surface area contributed by atoms with E-state index in [0.717, 1.165) is 16.9 Å². The van der Waals surface area contributed by atoms with Gasteiger partial charge in [-0.05, 0) is 47.8 Å². The Labute approximate surface area is 183 Å². The van der Waals surface area contributed by atoms with E-state index in [9.17, 15) is 9.59 Å². The molecule has 1 aliphatic carbocycles. The van der Waals surface area contributed by atoms with Gasteiger partial charge in [-0.25, -0.2) is 0 Å². The third-order valence-corrected chi connectivity index (χ3v) is 7.50. The van der Waals surface area contributed by atoms with Gasteiger partial charge >= 0.3 is 0 Å². The molecule has 1 N–H and O–H groups in total. The zero-order valence-electron chi connectivity index (χ0n) is 18.1. The van der Waals surface area contributed by atoms with Crippen LogP contribution in [0.1, 0.15) is 79.2 Å². The fourth-order valence-electron chi connectivity index (χ4n) is 5.05. The van der Waals surface area contributed by atoms with E-state index in [1.807, 2.05) is 40.6 Å². The van der Waals surface area contributed by atoms with Crippen molar-refractivity contribution in [3.8, 4) is 0 Å². The van der Waals surface area contributed by atoms with Crippen LogP contribution >= 0.6 is 11.3 Å². The van der Waals surface area contributed by atoms with Gasteiger partial charge in [0, 0.05) is 23.0 Å². The van der Waals surface area contributed by atoms with Gasteiger partial charge in [0.2, 0.25) is 5.91 Å². The molecule has 2 amide bonds. The van der Waals surface area contributed by atoms with Gasteiger partial charge in [0.1, 0.15) is 0 Å². The highest BCUT2D eigenvalue weighted by Crippen LogP contribution is 2.44. The van der Waals surface area contributed by atoms with Crippen LogP contribution in [0.3, 0.4) is 0 Å². The fraction of sp³-hybridized carbons (Fsp3) is 0.520. The summed E-state index contributed by atoms with van der Waals surface area (Å²) in [5.74, 6) is 0.526. The Balaban J connectivity index is 1.76. The number of fused-ring (bicyclic) bond motifs is 1. The Morgan fingerprint density at radius 3 is 2.63 bits per heavy atom. The summed E-state index contributed by atoms with van der Waals surface area (Å²) >= 11 is 1.63. The molecule has 1 fully saturated rings. The lowest BCUT2D eigenvalue weighted by Gasteiger charge is -2.42. The monoisotopic (exact) mass is 424 g/mol. The number of hydrogen-bond donors (Lipinski definition) is 1. The van der Waals surface area contributed by atoms with E-state index < -0.39 is 0 Å². The molecule has 2 aliphatic rings. The molecular formula is C25H32N2O2S. The predicted octanol–water partition coefficient (Wildman–Crippen LogP) is 5.38. The fourth-order valence-corrected chi connectivity index (χ4v) is 5.92. The topological polar surface area (TPSA) is 49.4 Å². The van der Waals surface area contributed by atoms with Gasteiger partial charge in [0.15, 0.2) is 0 Å². The smallest absolute Gasteiger partial charge is 0.254 e. The predicted molar refractivity (Wildman–Crippen MR) is 122 cm³/mol. The highest BCUT2D eigenvalue weighted by Gasteiger charge is 2.45. The first-order chi connectivity index (χ1) is 14.5. The Bertz CT molecular complexity index is 892. The van der Waals surface area contributed by atoms with E-state index in [4.69, 9.17) is 0 Å². The van der Waals surface area contributed by atoms with E-state index in [1.165, 1.54) is 19.3 Å². The Hall–Kier alpha value is -2.14. The summed E-state index contributed by atoms with van der Waals surface area (Å²) in [5.41, 5.74) is 1.53. The van der Waals surface area contributed by atoms with Crippen molar-refractivity contribution in [1.82, 2.24) is 10.2 Å². The van der Waals surface area contributed by atoms with Crippen molar-refractivity contribution in [3.05, 3.63) is 57.8 Å². The summed E-state index contributed by atoms with van der Waals surface area (Å²) < 4.78 is 0. The van der Waals surface area contributed by atoms with Gasteiger partial charge in [-0.1, -0.05) is 57.9 Å². The molecule has 0 unspecified atom stereocenters. The standard InChI is InChI=1S/C25H32N2O2S/c1-16(2)15-27-23(21-13-8-14-30-21)22(18-10-5-6-11-19(18)25(27)29)24(28)26-20-12-7-4-9-17(20)3/h5-6,8,10-11,13-14,16-17,20,22-23H,4,7,9,12,15H2,1-3H3,(H,26,28)/t17-,20+,22-,23+/m0/s1. The zero-order chi connectivity index (χ0) is 21.3. The molecule has 2 aromatic rings. The second-order valence-corrected chi connectivity index (χ2v) is 10.2. The lowest BCUT2D eigenvalue weighted by Crippen LogP contribution is -2.51. The third-order valence-electron chi connectivity index (χ3n) is 6.56. The molecule has 1 aromatic heterocycles. The first kappa shape index (κ1) is 21.1. The molecule has 4 rings (SSSR count). The largest absolute Gasteiger partial charge is 0.352 e. The quantitative estimate of drug-likeness (QED) is 0.700. The molecule has 4 atom stereocenters. The van der Waals surface area contributed by atoms with E-state index >= 15 is 0 Å². The molecule has 1 aromatic carbocycles. The number of carbonyl (C=O) groups excluding carboxylic acids is 2. The lowest BCUT2D eigenvalue weighted by molar-refractivity contribution is -0.125. The molecule has 0 bridgehead atoms. The van der Waals surface area contributed by atoms with Gasteiger partial charge in [-0.3, -0.25) is 9.59 Å². The van der Waals surface area contributed by atoms with Gasteiger partial charge in [-0.15, -0.1) is 11.3 Å². The number of rotatable bonds is 5. The number of carbonyl (C=O) groups is 2. The van der Waals surface area contributed by atoms with Crippen LogP contribution in [0.4, 0.5) is 0 Å². The maximum absolute atomic E-state index is 13.8. The number of benzene rings is 1. The minimum absolute atomic E-state index is 0.0350. The molecule has 4 nitrogen and oxygen atoms in total. The van der Waals surface area contributed by atoms with Crippen LogP contribution in [0, 0.1) is 11.8 Å². The minimum atomic E-state index is -0.384. The van der Waals surface area contributed by atoms with Gasteiger partial charge in [-0.2, -0.15) is 0 Å². The number of nitrogens with one attached hydrogen (secondary N) is 1. The number of amides is 2. The summed E-state index contributed by atoms with van der Waals surface area (Å²) in [6.07, 6.45) is 4.62. The summed E-state index contributed by atoms with van der Waals surface area (Å²) in [6.45, 7) is 7.12. The Morgan fingerprint density at radius 1 is 1.17 bits per heavy atom. The number of thiophene rings is 1. The van der Waals surface area contributed by atoms with Crippen molar-refractivity contribution in [2.75, 3.05) is 6.54 Å². The van der Waals surface area contributed by atoms with E-state index in [2.05, 4.69) is 32.2 Å². The molecular weight excluding hydrogens is 392 g/mol. The van der Waals surface area contributed by atoms with Crippen LogP contribution in [0.2, 0.25) is 0 Å². The number of hydrogen-bond acceptors (Lipinski definition) is 3. The highest BCUT2D eigenvalue weighted by atomic mass is 32.1. The molecule has 5 heteroatoms. The average Bonchev–Trinajstić information content (AvgIpc) is 3.25. The van der Waals surface area contributed by atoms with Crippen LogP contribution in [-0.2, 0) is 4.79 Å². The summed E-state index contributed by atoms with van der Waals surface area (Å²) in [4.78, 5) is 30.3. The van der Waals surface area contributed by atoms with E-state index in [-0.39, 0.29) is 29.8 Å². The Kier molecular flexibility index (Phi) is 6.28. The van der Waals surface area contributed by atoms with Crippen LogP contribution in [-0.4, -0.2) is 29.3 Å². The van der Waals surface area contributed by atoms with Crippen molar-refractivity contribution < 1.29 is 9.59 Å². The zero-order valence-corrected chi connectivity index (χ0v) is 19.0. The second-order valence-electron chi connectivity index (χ2n) is 9.25. The maximum Gasteiger partial charge on any atom is 0.254 e. The molecule has 0 saturated heterocycles. The molecule has 1 aliphatic heterocycles. The SMILES string of the molecule is CC(C)CN1C(=O)c2ccccc2[C@H](C(=O)N[C@@H]2CCCC[C@@H]2C)[C@H]1c1cccs1. The summed E-state index contributed by atoms with van der Waals surface area (Å²) in [6, 6.07) is 11.7. The molecule has 0 spiro atoms. The van der Waals surface area contributed by atoms with Gasteiger partial charge in [0.25, 0.3) is 5.91 Å². The molecule has 160 valence electrons. The van der Waals surface area contributed by atoms with Crippen molar-refractivity contribution >= 4 is 23.2 Å². The van der Waals surface area contributed by atoms with Crippen LogP contribution in [0.15, 0.2) is 41.8 Å². The van der Waals surface area contributed by atoms with Crippen molar-refractivity contribution in [1.29, 1.82) is 0 Å². The molecule has 2 heterocycles. The van der Waals surface area contributed by atoms with E-state index in [1.54, 1.807) is 11.3 Å². The second kappa shape index (κ2) is 8.93. The van der Waals surface area contributed by atoms with Crippen LogP contribution < -0.4 is 5.32 Å². The third kappa shape index (κ3) is 4.04. The van der Waals surface area contributed by atoms with Crippen molar-refractivity contribution in [2.45, 2.75) is 64.5 Å². The maximum atomic E-state index is 13.8. The van der Waals surface area contributed by atoms with Crippen LogP contribution in [0.25, 0.3) is 0 Å². The Morgan fingerprint density at radius 2 is 1.93 bits per heavy atom. The van der Waals surface area contributed by atoms with Crippen LogP contribution in [0.5, 0.6) is 0 Å². The molecule has 1 saturated carbocycles. The number of nitrogens with zero attached hydrogens (tertiary/aromatic N) is 1. The summed E-state index contributed by atoms with van der Waals surface area (Å²) in [7, 11) is 0. The van der Waals surface area contributed by atoms with Gasteiger partial charge < -0.3 is 10.2 Å². The molecule has 30 heavy (non-hydrogen) atoms. The molecule has 0 radical (unpaired) electrons. The van der Waals surface area contributed by atoms with Crippen molar-refractivity contribution in [3.63, 3.8) is 0 Å².